The summed E-state index contributed by atoms with van der Waals surface area (Å²) in [5.74, 6) is -0.678. The van der Waals surface area contributed by atoms with Crippen molar-refractivity contribution in [1.29, 1.82) is 0 Å². The second-order valence-corrected chi connectivity index (χ2v) is 6.49. The van der Waals surface area contributed by atoms with Crippen LogP contribution in [0, 0.1) is 0 Å². The molecule has 11 heteroatoms. The molecule has 1 amide bonds. The summed E-state index contributed by atoms with van der Waals surface area (Å²) in [5, 5.41) is 15.8. The largest absolute Gasteiger partial charge is 0.573 e. The summed E-state index contributed by atoms with van der Waals surface area (Å²) in [6.45, 7) is 1.38. The summed E-state index contributed by atoms with van der Waals surface area (Å²) in [5.41, 5.74) is 1.38. The van der Waals surface area contributed by atoms with Crippen molar-refractivity contribution < 1.29 is 27.8 Å². The number of alkyl halides is 3. The van der Waals surface area contributed by atoms with Gasteiger partial charge in [0.1, 0.15) is 11.4 Å². The highest BCUT2D eigenvalue weighted by Gasteiger charge is 2.31. The lowest BCUT2D eigenvalue weighted by Gasteiger charge is -2.12. The highest BCUT2D eigenvalue weighted by atomic mass is 19.4. The van der Waals surface area contributed by atoms with E-state index in [2.05, 4.69) is 25.1 Å². The Morgan fingerprint density at radius 1 is 1.23 bits per heavy atom. The number of benzene rings is 1. The molecule has 1 aromatic carbocycles. The number of carbonyl (C=O) groups excluding carboxylic acids is 1. The van der Waals surface area contributed by atoms with Crippen LogP contribution >= 0.6 is 0 Å². The molecular formula is C19H18F3N5O3. The van der Waals surface area contributed by atoms with E-state index in [0.717, 1.165) is 12.1 Å². The van der Waals surface area contributed by atoms with Gasteiger partial charge in [-0.1, -0.05) is 0 Å². The van der Waals surface area contributed by atoms with Gasteiger partial charge in [0.2, 0.25) is 0 Å². The summed E-state index contributed by atoms with van der Waals surface area (Å²) in [6, 6.07) is 6.03. The van der Waals surface area contributed by atoms with E-state index in [1.165, 1.54) is 24.4 Å². The lowest BCUT2D eigenvalue weighted by atomic mass is 10.1. The number of ether oxygens (including phenoxy) is 1. The minimum Gasteiger partial charge on any atom is -0.406 e. The molecule has 3 rings (SSSR count). The number of aliphatic hydroxyl groups is 1. The number of aliphatic hydroxyl groups excluding tert-OH is 1. The molecule has 0 fully saturated rings. The third-order valence-electron chi connectivity index (χ3n) is 3.96. The van der Waals surface area contributed by atoms with Crippen LogP contribution in [0.1, 0.15) is 17.4 Å². The molecule has 0 spiro atoms. The Hall–Kier alpha value is -3.47. The summed E-state index contributed by atoms with van der Waals surface area (Å²) >= 11 is 0. The first kappa shape index (κ1) is 21.2. The van der Waals surface area contributed by atoms with E-state index in [1.807, 2.05) is 0 Å². The van der Waals surface area contributed by atoms with Crippen molar-refractivity contribution in [3.8, 4) is 28.4 Å². The molecule has 0 aliphatic heterocycles. The van der Waals surface area contributed by atoms with Gasteiger partial charge >= 0.3 is 6.36 Å². The van der Waals surface area contributed by atoms with Gasteiger partial charge in [-0.05, 0) is 37.3 Å². The Morgan fingerprint density at radius 2 is 1.93 bits per heavy atom. The number of halogens is 3. The molecule has 8 nitrogen and oxygen atoms in total. The average Bonchev–Trinajstić information content (AvgIpc) is 3.13. The lowest BCUT2D eigenvalue weighted by molar-refractivity contribution is -0.274. The van der Waals surface area contributed by atoms with Crippen molar-refractivity contribution in [3.05, 3.63) is 48.4 Å². The molecule has 0 aliphatic carbocycles. The van der Waals surface area contributed by atoms with Gasteiger partial charge in [0.15, 0.2) is 5.82 Å². The van der Waals surface area contributed by atoms with Crippen molar-refractivity contribution in [3.63, 3.8) is 0 Å². The summed E-state index contributed by atoms with van der Waals surface area (Å²) in [7, 11) is 1.71. The minimum atomic E-state index is -4.79. The first-order valence-corrected chi connectivity index (χ1v) is 8.80. The van der Waals surface area contributed by atoms with Gasteiger partial charge in [-0.15, -0.1) is 13.2 Å². The van der Waals surface area contributed by atoms with Crippen LogP contribution in [0.2, 0.25) is 0 Å². The van der Waals surface area contributed by atoms with E-state index < -0.39 is 18.3 Å². The topological polar surface area (TPSA) is 102 Å². The maximum absolute atomic E-state index is 12.5. The predicted octanol–water partition coefficient (Wildman–Crippen LogP) is 2.55. The predicted molar refractivity (Wildman–Crippen MR) is 100 cm³/mol. The second-order valence-electron chi connectivity index (χ2n) is 6.49. The Labute approximate surface area is 169 Å². The third kappa shape index (κ3) is 5.32. The summed E-state index contributed by atoms with van der Waals surface area (Å²) in [6.07, 6.45) is -1.60. The molecule has 0 saturated carbocycles. The van der Waals surface area contributed by atoms with Gasteiger partial charge in [-0.25, -0.2) is 9.97 Å². The first-order chi connectivity index (χ1) is 14.1. The quantitative estimate of drug-likeness (QED) is 0.634. The fourth-order valence-corrected chi connectivity index (χ4v) is 2.55. The number of nitrogens with one attached hydrogen (secondary N) is 1. The highest BCUT2D eigenvalue weighted by molar-refractivity contribution is 5.94. The van der Waals surface area contributed by atoms with Crippen LogP contribution in [0.3, 0.4) is 0 Å². The fourth-order valence-electron chi connectivity index (χ4n) is 2.55. The van der Waals surface area contributed by atoms with Crippen LogP contribution in [0.4, 0.5) is 13.2 Å². The van der Waals surface area contributed by atoms with Gasteiger partial charge in [-0.3, -0.25) is 9.48 Å². The molecule has 0 bridgehead atoms. The van der Waals surface area contributed by atoms with Gasteiger partial charge in [0.25, 0.3) is 5.91 Å². The third-order valence-corrected chi connectivity index (χ3v) is 3.96. The van der Waals surface area contributed by atoms with E-state index in [1.54, 1.807) is 24.9 Å². The van der Waals surface area contributed by atoms with Crippen molar-refractivity contribution in [2.75, 3.05) is 6.61 Å². The Kier molecular flexibility index (Phi) is 6.01. The zero-order chi connectivity index (χ0) is 21.9. The molecule has 2 heterocycles. The molecule has 0 radical (unpaired) electrons. The Morgan fingerprint density at radius 3 is 2.50 bits per heavy atom. The van der Waals surface area contributed by atoms with Gasteiger partial charge < -0.3 is 15.2 Å². The second kappa shape index (κ2) is 8.49. The standard InChI is InChI=1S/C19H18F3N5O3/c1-11(10-28)24-18(29)16-7-15(25-17(26-16)13-8-23-27(2)9-13)12-3-5-14(6-4-12)30-19(20,21)22/h3-9,11,28H,10H2,1-2H3,(H,24,29)/t11-/m0/s1. The van der Waals surface area contributed by atoms with Crippen LogP contribution in [0.15, 0.2) is 42.7 Å². The van der Waals surface area contributed by atoms with Crippen LogP contribution in [0.5, 0.6) is 5.75 Å². The zero-order valence-electron chi connectivity index (χ0n) is 16.0. The monoisotopic (exact) mass is 421 g/mol. The maximum atomic E-state index is 12.5. The molecule has 2 aromatic heterocycles. The van der Waals surface area contributed by atoms with E-state index in [9.17, 15) is 18.0 Å². The Bertz CT molecular complexity index is 1030. The number of hydrogen-bond donors (Lipinski definition) is 2. The molecule has 0 aliphatic rings. The number of hydrogen-bond acceptors (Lipinski definition) is 6. The number of nitrogens with zero attached hydrogens (tertiary/aromatic N) is 4. The van der Waals surface area contributed by atoms with E-state index in [0.29, 0.717) is 16.8 Å². The van der Waals surface area contributed by atoms with Crippen LogP contribution in [-0.4, -0.2) is 49.8 Å². The number of aryl methyl sites for hydroxylation is 1. The maximum Gasteiger partial charge on any atom is 0.573 e. The lowest BCUT2D eigenvalue weighted by Crippen LogP contribution is -2.35. The fraction of sp³-hybridized carbons (Fsp3) is 0.263. The van der Waals surface area contributed by atoms with Crippen molar-refractivity contribution in [1.82, 2.24) is 25.1 Å². The number of carbonyl (C=O) groups is 1. The van der Waals surface area contributed by atoms with Crippen LogP contribution < -0.4 is 10.1 Å². The number of aromatic nitrogens is 4. The molecule has 0 saturated heterocycles. The molecular weight excluding hydrogens is 403 g/mol. The molecule has 1 atom stereocenters. The first-order valence-electron chi connectivity index (χ1n) is 8.80. The number of rotatable bonds is 6. The molecule has 2 N–H and O–H groups in total. The summed E-state index contributed by atoms with van der Waals surface area (Å²) < 4.78 is 42.5. The van der Waals surface area contributed by atoms with Crippen LogP contribution in [0.25, 0.3) is 22.6 Å². The van der Waals surface area contributed by atoms with Gasteiger partial charge in [0.05, 0.1) is 24.1 Å². The van der Waals surface area contributed by atoms with Crippen molar-refractivity contribution in [2.45, 2.75) is 19.3 Å². The minimum absolute atomic E-state index is 0.0368. The SMILES string of the molecule is C[C@@H](CO)NC(=O)c1cc(-c2ccc(OC(F)(F)F)cc2)nc(-c2cnn(C)c2)n1. The normalized spacial score (nSPS) is 12.5. The smallest absolute Gasteiger partial charge is 0.406 e. The summed E-state index contributed by atoms with van der Waals surface area (Å²) in [4.78, 5) is 21.2. The molecule has 3 aromatic rings. The molecule has 30 heavy (non-hydrogen) atoms. The van der Waals surface area contributed by atoms with Gasteiger partial charge in [-0.2, -0.15) is 5.10 Å². The average molecular weight is 421 g/mol. The van der Waals surface area contributed by atoms with E-state index in [-0.39, 0.29) is 23.9 Å². The van der Waals surface area contributed by atoms with E-state index in [4.69, 9.17) is 5.11 Å². The van der Waals surface area contributed by atoms with Crippen molar-refractivity contribution in [2.24, 2.45) is 7.05 Å². The number of amides is 1. The van der Waals surface area contributed by atoms with E-state index >= 15 is 0 Å². The zero-order valence-corrected chi connectivity index (χ0v) is 16.0. The van der Waals surface area contributed by atoms with Gasteiger partial charge in [0, 0.05) is 24.8 Å². The Balaban J connectivity index is 2.00. The van der Waals surface area contributed by atoms with Crippen molar-refractivity contribution >= 4 is 5.91 Å². The molecule has 158 valence electrons. The highest BCUT2D eigenvalue weighted by Crippen LogP contribution is 2.27. The van der Waals surface area contributed by atoms with Crippen LogP contribution in [-0.2, 0) is 7.05 Å². The molecule has 0 unspecified atom stereocenters.